The molecule has 18 heavy (non-hydrogen) atoms. The van der Waals surface area contributed by atoms with Crippen LogP contribution < -0.4 is 5.73 Å². The zero-order valence-electron chi connectivity index (χ0n) is 11.5. The summed E-state index contributed by atoms with van der Waals surface area (Å²) in [6.45, 7) is 3.81. The van der Waals surface area contributed by atoms with Crippen molar-refractivity contribution in [3.63, 3.8) is 0 Å². The molecule has 0 aromatic rings. The highest BCUT2D eigenvalue weighted by Crippen LogP contribution is 2.39. The Bertz CT molecular complexity index is 277. The first-order valence-electron chi connectivity index (χ1n) is 7.16. The zero-order chi connectivity index (χ0) is 12.3. The smallest absolute Gasteiger partial charge is 0.223 e. The Balaban J connectivity index is 0.00000162. The van der Waals surface area contributed by atoms with Crippen molar-refractivity contribution in [2.45, 2.75) is 64.3 Å². The minimum absolute atomic E-state index is 0. The van der Waals surface area contributed by atoms with Gasteiger partial charge in [-0.1, -0.05) is 19.3 Å². The monoisotopic (exact) mass is 274 g/mol. The number of rotatable bonds is 3. The molecule has 4 heteroatoms. The highest BCUT2D eigenvalue weighted by molar-refractivity contribution is 5.85. The fourth-order valence-electron chi connectivity index (χ4n) is 3.48. The van der Waals surface area contributed by atoms with Gasteiger partial charge in [-0.25, -0.2) is 0 Å². The number of carbonyl (C=O) groups excluding carboxylic acids is 1. The summed E-state index contributed by atoms with van der Waals surface area (Å²) in [5, 5.41) is 0. The van der Waals surface area contributed by atoms with Gasteiger partial charge < -0.3 is 10.6 Å². The van der Waals surface area contributed by atoms with Crippen molar-refractivity contribution < 1.29 is 4.79 Å². The van der Waals surface area contributed by atoms with Crippen molar-refractivity contribution in [1.82, 2.24) is 4.90 Å². The fourth-order valence-corrected chi connectivity index (χ4v) is 3.48. The molecule has 3 nitrogen and oxygen atoms in total. The van der Waals surface area contributed by atoms with Gasteiger partial charge in [-0.3, -0.25) is 4.79 Å². The van der Waals surface area contributed by atoms with Crippen LogP contribution in [0.4, 0.5) is 0 Å². The summed E-state index contributed by atoms with van der Waals surface area (Å²) in [5.74, 6) is 0.349. The SMILES string of the molecule is CC1CCCN1C(=O)CC1(CN)CCCCC1.Cl. The minimum atomic E-state index is 0. The van der Waals surface area contributed by atoms with Crippen LogP contribution >= 0.6 is 12.4 Å². The van der Waals surface area contributed by atoms with Crippen LogP contribution in [0.5, 0.6) is 0 Å². The summed E-state index contributed by atoms with van der Waals surface area (Å²) in [6.07, 6.45) is 9.14. The van der Waals surface area contributed by atoms with E-state index in [1.54, 1.807) is 0 Å². The molecule has 1 atom stereocenters. The first kappa shape index (κ1) is 15.8. The molecule has 2 aliphatic rings. The third kappa shape index (κ3) is 3.39. The van der Waals surface area contributed by atoms with Crippen LogP contribution in [-0.2, 0) is 4.79 Å². The van der Waals surface area contributed by atoms with Crippen molar-refractivity contribution in [2.75, 3.05) is 13.1 Å². The standard InChI is InChI=1S/C14H26N2O.ClH/c1-12-6-5-9-16(12)13(17)10-14(11-15)7-3-2-4-8-14;/h12H,2-11,15H2,1H3;1H. The highest BCUT2D eigenvalue weighted by Gasteiger charge is 2.36. The molecule has 1 heterocycles. The van der Waals surface area contributed by atoms with Gasteiger partial charge in [-0.2, -0.15) is 0 Å². The van der Waals surface area contributed by atoms with E-state index in [-0.39, 0.29) is 17.8 Å². The van der Waals surface area contributed by atoms with Crippen molar-refractivity contribution >= 4 is 18.3 Å². The Labute approximate surface area is 117 Å². The van der Waals surface area contributed by atoms with Crippen LogP contribution in [0.2, 0.25) is 0 Å². The first-order valence-corrected chi connectivity index (χ1v) is 7.16. The van der Waals surface area contributed by atoms with Crippen LogP contribution in [0.1, 0.15) is 58.3 Å². The molecule has 0 bridgehead atoms. The number of likely N-dealkylation sites (tertiary alicyclic amines) is 1. The summed E-state index contributed by atoms with van der Waals surface area (Å²) in [5.41, 5.74) is 6.07. The molecule has 2 fully saturated rings. The van der Waals surface area contributed by atoms with Crippen LogP contribution in [0.15, 0.2) is 0 Å². The molecule has 1 saturated heterocycles. The molecule has 2 rings (SSSR count). The third-order valence-electron chi connectivity index (χ3n) is 4.75. The molecule has 1 aliphatic carbocycles. The number of hydrogen-bond donors (Lipinski definition) is 1. The van der Waals surface area contributed by atoms with E-state index < -0.39 is 0 Å². The van der Waals surface area contributed by atoms with Gasteiger partial charge in [0.05, 0.1) is 0 Å². The molecule has 1 aliphatic heterocycles. The quantitative estimate of drug-likeness (QED) is 0.860. The summed E-state index contributed by atoms with van der Waals surface area (Å²) >= 11 is 0. The van der Waals surface area contributed by atoms with Gasteiger partial charge in [-0.05, 0) is 44.6 Å². The predicted octanol–water partition coefficient (Wildman–Crippen LogP) is 2.72. The Kier molecular flexibility index (Phi) is 5.93. The van der Waals surface area contributed by atoms with E-state index in [9.17, 15) is 4.79 Å². The Morgan fingerprint density at radius 2 is 1.94 bits per heavy atom. The van der Waals surface area contributed by atoms with Gasteiger partial charge in [0.1, 0.15) is 0 Å². The second-order valence-electron chi connectivity index (χ2n) is 6.02. The van der Waals surface area contributed by atoms with Gasteiger partial charge in [0.2, 0.25) is 5.91 Å². The summed E-state index contributed by atoms with van der Waals surface area (Å²) in [6, 6.07) is 0.445. The molecular weight excluding hydrogens is 248 g/mol. The van der Waals surface area contributed by atoms with Crippen LogP contribution in [0, 0.1) is 5.41 Å². The fraction of sp³-hybridized carbons (Fsp3) is 0.929. The number of amides is 1. The Hall–Kier alpha value is -0.280. The number of carbonyl (C=O) groups is 1. The zero-order valence-corrected chi connectivity index (χ0v) is 12.3. The number of halogens is 1. The van der Waals surface area contributed by atoms with Crippen molar-refractivity contribution in [3.8, 4) is 0 Å². The Morgan fingerprint density at radius 1 is 1.28 bits per heavy atom. The molecule has 1 unspecified atom stereocenters. The Morgan fingerprint density at radius 3 is 2.44 bits per heavy atom. The van der Waals surface area contributed by atoms with Gasteiger partial charge >= 0.3 is 0 Å². The van der Waals surface area contributed by atoms with Crippen LogP contribution in [0.25, 0.3) is 0 Å². The lowest BCUT2D eigenvalue weighted by Crippen LogP contribution is -2.41. The molecule has 2 N–H and O–H groups in total. The number of nitrogens with zero attached hydrogens (tertiary/aromatic N) is 1. The summed E-state index contributed by atoms with van der Waals surface area (Å²) < 4.78 is 0. The van der Waals surface area contributed by atoms with E-state index in [4.69, 9.17) is 5.73 Å². The average Bonchev–Trinajstić information content (AvgIpc) is 2.77. The lowest BCUT2D eigenvalue weighted by atomic mass is 9.71. The van der Waals surface area contributed by atoms with Gasteiger partial charge in [0.15, 0.2) is 0 Å². The van der Waals surface area contributed by atoms with Crippen molar-refractivity contribution in [2.24, 2.45) is 11.1 Å². The molecule has 0 spiro atoms. The maximum atomic E-state index is 12.4. The topological polar surface area (TPSA) is 46.3 Å². The van der Waals surface area contributed by atoms with E-state index in [1.165, 1.54) is 32.1 Å². The van der Waals surface area contributed by atoms with Crippen LogP contribution in [-0.4, -0.2) is 29.9 Å². The molecule has 1 saturated carbocycles. The van der Waals surface area contributed by atoms with E-state index in [2.05, 4.69) is 11.8 Å². The summed E-state index contributed by atoms with van der Waals surface area (Å²) in [4.78, 5) is 14.4. The molecule has 0 aromatic heterocycles. The maximum absolute atomic E-state index is 12.4. The molecule has 0 radical (unpaired) electrons. The van der Waals surface area contributed by atoms with Crippen molar-refractivity contribution in [3.05, 3.63) is 0 Å². The predicted molar refractivity (Wildman–Crippen MR) is 76.8 cm³/mol. The highest BCUT2D eigenvalue weighted by atomic mass is 35.5. The number of nitrogens with two attached hydrogens (primary N) is 1. The second kappa shape index (κ2) is 6.76. The second-order valence-corrected chi connectivity index (χ2v) is 6.02. The first-order chi connectivity index (χ1) is 8.17. The normalized spacial score (nSPS) is 26.8. The lowest BCUT2D eigenvalue weighted by Gasteiger charge is -2.37. The maximum Gasteiger partial charge on any atom is 0.223 e. The minimum Gasteiger partial charge on any atom is -0.340 e. The third-order valence-corrected chi connectivity index (χ3v) is 4.75. The van der Waals surface area contributed by atoms with Crippen molar-refractivity contribution in [1.29, 1.82) is 0 Å². The average molecular weight is 275 g/mol. The number of hydrogen-bond acceptors (Lipinski definition) is 2. The van der Waals surface area contributed by atoms with Gasteiger partial charge in [-0.15, -0.1) is 12.4 Å². The van der Waals surface area contributed by atoms with Gasteiger partial charge in [0, 0.05) is 19.0 Å². The van der Waals surface area contributed by atoms with Gasteiger partial charge in [0.25, 0.3) is 0 Å². The molecule has 106 valence electrons. The van der Waals surface area contributed by atoms with E-state index in [1.807, 2.05) is 0 Å². The molecule has 0 aromatic carbocycles. The van der Waals surface area contributed by atoms with E-state index in [0.717, 1.165) is 19.4 Å². The summed E-state index contributed by atoms with van der Waals surface area (Å²) in [7, 11) is 0. The largest absolute Gasteiger partial charge is 0.340 e. The van der Waals surface area contributed by atoms with E-state index in [0.29, 0.717) is 24.9 Å². The molecular formula is C14H27ClN2O. The lowest BCUT2D eigenvalue weighted by molar-refractivity contribution is -0.134. The molecule has 1 amide bonds. The van der Waals surface area contributed by atoms with Crippen LogP contribution in [0.3, 0.4) is 0 Å². The van der Waals surface area contributed by atoms with E-state index >= 15 is 0 Å².